The van der Waals surface area contributed by atoms with Gasteiger partial charge in [0.25, 0.3) is 0 Å². The summed E-state index contributed by atoms with van der Waals surface area (Å²) in [5.41, 5.74) is 1.03. The molecule has 0 unspecified atom stereocenters. The standard InChI is InChI=1S/C7H7ClO.C7H12O3.2C5H7NO2.C5H11NO.C4H6N2.C4H9NO2.CH5BO3.CH4O4S.Na/c1-9-7-4-2-6(8)3-5-7;1-4-10-7(8)5-6(2)9-3;2*1-6-4(7)2-3-5(6)8;1-4-5(2)6-7-3;1-6-3-2-5-4-6;1-3-7-4(6)5-2;1-5-2(3)4;1-5-6(2,3)4;/h2-5H,1H3;5H,4H2,1-3H3;2*2-3H2,1H3;4H2,1-3H3;2-4H,1H3;3H2,1-2H3,(H,5,6);3-4H,1H3;1H3,(H,2,3,4);/q;;;;;;;;;+1/p-1/b;6-5+;;;6-5-;;;;;. The van der Waals surface area contributed by atoms with Crippen molar-refractivity contribution in [3.8, 4) is 5.75 Å². The Hall–Kier alpha value is -4.64. The fourth-order valence-electron chi connectivity index (χ4n) is 3.11. The minimum Gasteiger partial charge on any atom is -0.726 e. The Balaban J connectivity index is -0.000000157. The number of esters is 1. The molecular formula is C39H67BClN6NaO18S. The van der Waals surface area contributed by atoms with Gasteiger partial charge in [0.2, 0.25) is 34.0 Å². The molecular weight excluding hydrogens is 942 g/mol. The summed E-state index contributed by atoms with van der Waals surface area (Å²) >= 11 is 5.61. The number of imidazole rings is 1. The third-order valence-corrected chi connectivity index (χ3v) is 7.53. The van der Waals surface area contributed by atoms with Crippen LogP contribution in [0, 0.1) is 0 Å². The van der Waals surface area contributed by atoms with Crippen molar-refractivity contribution in [1.82, 2.24) is 24.7 Å². The van der Waals surface area contributed by atoms with Crippen LogP contribution in [0.25, 0.3) is 0 Å². The number of oxime groups is 1. The molecule has 1 aromatic heterocycles. The number of halogens is 1. The smallest absolute Gasteiger partial charge is 0.726 e. The first-order valence-electron chi connectivity index (χ1n) is 19.3. The Morgan fingerprint density at radius 1 is 0.866 bits per heavy atom. The number of aryl methyl sites for hydroxylation is 1. The van der Waals surface area contributed by atoms with Crippen LogP contribution in [0.2, 0.25) is 5.02 Å². The number of nitrogens with zero attached hydrogens (tertiary/aromatic N) is 5. The second kappa shape index (κ2) is 47.8. The zero-order valence-corrected chi connectivity index (χ0v) is 44.7. The fourth-order valence-corrected chi connectivity index (χ4v) is 3.23. The second-order valence-corrected chi connectivity index (χ2v) is 13.3. The number of hydrogen-bond acceptors (Lipinski definition) is 20. The normalized spacial score (nSPS) is 12.1. The number of amides is 5. The molecule has 378 valence electrons. The number of nitrogens with one attached hydrogen (secondary N) is 1. The van der Waals surface area contributed by atoms with Gasteiger partial charge >= 0.3 is 48.9 Å². The summed E-state index contributed by atoms with van der Waals surface area (Å²) in [4.78, 5) is 73.3. The Bertz CT molecular complexity index is 1730. The number of benzene rings is 1. The average molecular weight is 1010 g/mol. The predicted molar refractivity (Wildman–Crippen MR) is 243 cm³/mol. The predicted octanol–water partition coefficient (Wildman–Crippen LogP) is -0.121. The van der Waals surface area contributed by atoms with E-state index in [4.69, 9.17) is 31.1 Å². The van der Waals surface area contributed by atoms with Gasteiger partial charge in [0.1, 0.15) is 12.9 Å². The number of rotatable bonds is 9. The SMILES string of the molecule is CC/C(C)=N\OC.CCOC(=O)/C=C(\C)OC.CCOC(=O)NC.CN1C(=O)CCC1=O.CN1C(=O)CCC1=O.COB(O)O.COS(=O)(=O)[O-].COc1ccc(Cl)cc1.Cn1ccnc1.[Na+]. The summed E-state index contributed by atoms with van der Waals surface area (Å²) in [6, 6.07) is 7.23. The average Bonchev–Trinajstić information content (AvgIpc) is 3.98. The minimum absolute atomic E-state index is 0. The quantitative estimate of drug-likeness (QED) is 0.0339. The van der Waals surface area contributed by atoms with Crippen LogP contribution in [0.3, 0.4) is 0 Å². The summed E-state index contributed by atoms with van der Waals surface area (Å²) in [5.74, 6) is 0.787. The Morgan fingerprint density at radius 3 is 1.46 bits per heavy atom. The van der Waals surface area contributed by atoms with E-state index in [1.807, 2.05) is 43.8 Å². The zero-order valence-electron chi connectivity index (χ0n) is 41.1. The largest absolute Gasteiger partial charge is 1.00 e. The molecule has 0 saturated carbocycles. The van der Waals surface area contributed by atoms with Gasteiger partial charge in [0, 0.05) is 78.4 Å². The monoisotopic (exact) mass is 1010 g/mol. The molecule has 2 fully saturated rings. The molecule has 0 atom stereocenters. The van der Waals surface area contributed by atoms with E-state index in [-0.39, 0.29) is 65.2 Å². The van der Waals surface area contributed by atoms with Gasteiger partial charge in [0.15, 0.2) is 0 Å². The first-order valence-corrected chi connectivity index (χ1v) is 21.0. The molecule has 4 rings (SSSR count). The van der Waals surface area contributed by atoms with Crippen LogP contribution in [0.15, 0.2) is 60.0 Å². The number of methoxy groups -OCH3 is 2. The van der Waals surface area contributed by atoms with Gasteiger partial charge in [0.05, 0.1) is 58.4 Å². The second-order valence-electron chi connectivity index (χ2n) is 11.8. The molecule has 0 bridgehead atoms. The molecule has 67 heavy (non-hydrogen) atoms. The van der Waals surface area contributed by atoms with Crippen molar-refractivity contribution in [2.75, 3.05) is 69.9 Å². The number of alkyl carbamates (subject to hydrolysis) is 1. The van der Waals surface area contributed by atoms with E-state index in [9.17, 15) is 41.7 Å². The van der Waals surface area contributed by atoms with Gasteiger partial charge in [-0.2, -0.15) is 0 Å². The third-order valence-electron chi connectivity index (χ3n) is 6.87. The first kappa shape index (κ1) is 73.9. The van der Waals surface area contributed by atoms with Crippen LogP contribution in [0.1, 0.15) is 66.7 Å². The summed E-state index contributed by atoms with van der Waals surface area (Å²) < 4.78 is 55.5. The molecule has 2 saturated heterocycles. The number of ether oxygens (including phenoxy) is 4. The van der Waals surface area contributed by atoms with Crippen molar-refractivity contribution in [2.45, 2.75) is 66.7 Å². The van der Waals surface area contributed by atoms with Crippen molar-refractivity contribution < 1.29 is 114 Å². The summed E-state index contributed by atoms with van der Waals surface area (Å²) in [5, 5.41) is 22.1. The molecule has 2 aliphatic heterocycles. The number of aromatic nitrogens is 2. The Kier molecular flexibility index (Phi) is 52.8. The van der Waals surface area contributed by atoms with Crippen molar-refractivity contribution in [3.63, 3.8) is 0 Å². The van der Waals surface area contributed by atoms with Crippen molar-refractivity contribution >= 4 is 70.7 Å². The van der Waals surface area contributed by atoms with Gasteiger partial charge in [-0.1, -0.05) is 23.7 Å². The number of imide groups is 2. The van der Waals surface area contributed by atoms with Crippen molar-refractivity contribution in [1.29, 1.82) is 0 Å². The van der Waals surface area contributed by atoms with Crippen LogP contribution >= 0.6 is 11.6 Å². The summed E-state index contributed by atoms with van der Waals surface area (Å²) in [6.45, 7) is 10.0. The topological polar surface area (TPSA) is 313 Å². The first-order chi connectivity index (χ1) is 30.8. The van der Waals surface area contributed by atoms with E-state index in [2.05, 4.69) is 38.6 Å². The minimum atomic E-state index is -4.41. The number of allylic oxidation sites excluding steroid dienone is 1. The Morgan fingerprint density at radius 2 is 1.28 bits per heavy atom. The van der Waals surface area contributed by atoms with Crippen LogP contribution in [-0.4, -0.2) is 161 Å². The van der Waals surface area contributed by atoms with Gasteiger partial charge in [-0.05, 0) is 58.4 Å². The van der Waals surface area contributed by atoms with E-state index in [1.54, 1.807) is 59.6 Å². The summed E-state index contributed by atoms with van der Waals surface area (Å²) in [6.07, 6.45) is 8.88. The number of carbonyl (C=O) groups is 6. The van der Waals surface area contributed by atoms with E-state index < -0.39 is 17.7 Å². The molecule has 28 heteroatoms. The maximum absolute atomic E-state index is 10.6. The summed E-state index contributed by atoms with van der Waals surface area (Å²) in [7, 11) is 7.15. The van der Waals surface area contributed by atoms with Gasteiger partial charge in [-0.15, -0.1) is 0 Å². The molecule has 24 nitrogen and oxygen atoms in total. The molecule has 3 heterocycles. The van der Waals surface area contributed by atoms with Gasteiger partial charge in [-0.3, -0.25) is 33.2 Å². The number of likely N-dealkylation sites (tertiary alicyclic amines) is 2. The number of hydrogen-bond donors (Lipinski definition) is 3. The molecule has 0 spiro atoms. The number of carbonyl (C=O) groups excluding carboxylic acids is 6. The maximum atomic E-state index is 10.6. The molecule has 3 N–H and O–H groups in total. The van der Waals surface area contributed by atoms with Crippen LogP contribution in [0.5, 0.6) is 5.75 Å². The maximum Gasteiger partial charge on any atom is 1.00 e. The van der Waals surface area contributed by atoms with E-state index in [1.165, 1.54) is 51.2 Å². The van der Waals surface area contributed by atoms with Crippen LogP contribution in [0.4, 0.5) is 4.79 Å². The van der Waals surface area contributed by atoms with Gasteiger partial charge < -0.3 is 52.9 Å². The van der Waals surface area contributed by atoms with Crippen LogP contribution in [-0.2, 0) is 69.3 Å². The third kappa shape index (κ3) is 52.2. The fraction of sp³-hybridized carbons (Fsp3) is 0.538. The zero-order chi connectivity index (χ0) is 52.3. The molecule has 2 aliphatic rings. The molecule has 0 radical (unpaired) electrons. The van der Waals surface area contributed by atoms with E-state index >= 15 is 0 Å². The van der Waals surface area contributed by atoms with Gasteiger partial charge in [-0.25, -0.2) is 23.0 Å². The molecule has 2 aromatic rings. The van der Waals surface area contributed by atoms with Crippen molar-refractivity contribution in [3.05, 3.63) is 59.8 Å². The van der Waals surface area contributed by atoms with E-state index in [0.717, 1.165) is 30.0 Å². The van der Waals surface area contributed by atoms with E-state index in [0.29, 0.717) is 44.7 Å². The Labute approximate surface area is 421 Å². The van der Waals surface area contributed by atoms with Crippen molar-refractivity contribution in [2.24, 2.45) is 12.2 Å². The molecule has 0 aliphatic carbocycles. The molecule has 1 aromatic carbocycles. The van der Waals surface area contributed by atoms with Crippen LogP contribution < -0.4 is 39.6 Å². The molecule has 5 amide bonds.